The molecule has 0 aliphatic carbocycles. The van der Waals surface area contributed by atoms with Gasteiger partial charge in [-0.25, -0.2) is 9.97 Å². The summed E-state index contributed by atoms with van der Waals surface area (Å²) in [6, 6.07) is 1.61. The van der Waals surface area contributed by atoms with Gasteiger partial charge >= 0.3 is 0 Å². The molecule has 1 heterocycles. The maximum atomic E-state index is 8.54. The van der Waals surface area contributed by atoms with Gasteiger partial charge in [0.05, 0.1) is 0 Å². The van der Waals surface area contributed by atoms with Crippen LogP contribution >= 0.6 is 11.8 Å². The fourth-order valence-electron chi connectivity index (χ4n) is 0.894. The standard InChI is InChI=1S/C10H16N4OS/c1-6(2)7(3)16-10-12-5-4-8(13-10)9(11)14-15/h4-7,15H,1-3H3,(H2,11,14). The molecule has 0 saturated heterocycles. The van der Waals surface area contributed by atoms with E-state index in [-0.39, 0.29) is 5.84 Å². The van der Waals surface area contributed by atoms with Crippen LogP contribution in [0.2, 0.25) is 0 Å². The van der Waals surface area contributed by atoms with E-state index in [1.54, 1.807) is 24.0 Å². The van der Waals surface area contributed by atoms with E-state index in [0.717, 1.165) is 0 Å². The van der Waals surface area contributed by atoms with Crippen molar-refractivity contribution < 1.29 is 5.21 Å². The van der Waals surface area contributed by atoms with Crippen molar-refractivity contribution in [1.82, 2.24) is 9.97 Å². The smallest absolute Gasteiger partial charge is 0.188 e. The van der Waals surface area contributed by atoms with Crippen LogP contribution in [0.5, 0.6) is 0 Å². The van der Waals surface area contributed by atoms with Gasteiger partial charge in [-0.15, -0.1) is 0 Å². The van der Waals surface area contributed by atoms with E-state index >= 15 is 0 Å². The first kappa shape index (κ1) is 12.8. The lowest BCUT2D eigenvalue weighted by atomic mass is 10.2. The van der Waals surface area contributed by atoms with Gasteiger partial charge in [-0.1, -0.05) is 37.7 Å². The molecule has 88 valence electrons. The molecule has 16 heavy (non-hydrogen) atoms. The van der Waals surface area contributed by atoms with E-state index in [4.69, 9.17) is 10.9 Å². The summed E-state index contributed by atoms with van der Waals surface area (Å²) in [6.45, 7) is 6.41. The van der Waals surface area contributed by atoms with Crippen LogP contribution < -0.4 is 5.73 Å². The predicted molar refractivity (Wildman–Crippen MR) is 64.7 cm³/mol. The third kappa shape index (κ3) is 3.37. The van der Waals surface area contributed by atoms with Crippen molar-refractivity contribution in [3.8, 4) is 0 Å². The molecule has 0 saturated carbocycles. The van der Waals surface area contributed by atoms with Gasteiger partial charge in [-0.05, 0) is 12.0 Å². The molecule has 0 spiro atoms. The Morgan fingerprint density at radius 1 is 1.50 bits per heavy atom. The van der Waals surface area contributed by atoms with Crippen LogP contribution in [-0.2, 0) is 0 Å². The Kier molecular flexibility index (Phi) is 4.54. The zero-order valence-electron chi connectivity index (χ0n) is 9.58. The maximum absolute atomic E-state index is 8.54. The zero-order valence-corrected chi connectivity index (χ0v) is 10.4. The predicted octanol–water partition coefficient (Wildman–Crippen LogP) is 1.71. The Morgan fingerprint density at radius 3 is 2.75 bits per heavy atom. The molecule has 1 aromatic rings. The van der Waals surface area contributed by atoms with Crippen LogP contribution in [0.4, 0.5) is 0 Å². The molecule has 0 aromatic carbocycles. The lowest BCUT2D eigenvalue weighted by molar-refractivity contribution is 0.318. The third-order valence-corrected chi connectivity index (χ3v) is 3.56. The molecule has 0 amide bonds. The first-order chi connectivity index (χ1) is 7.54. The Hall–Kier alpha value is -1.30. The highest BCUT2D eigenvalue weighted by Crippen LogP contribution is 2.24. The lowest BCUT2D eigenvalue weighted by Gasteiger charge is -2.13. The molecule has 1 rings (SSSR count). The van der Waals surface area contributed by atoms with Crippen LogP contribution in [0.15, 0.2) is 22.6 Å². The van der Waals surface area contributed by atoms with Gasteiger partial charge in [0.2, 0.25) is 0 Å². The van der Waals surface area contributed by atoms with Gasteiger partial charge in [0, 0.05) is 11.4 Å². The van der Waals surface area contributed by atoms with E-state index in [1.165, 1.54) is 0 Å². The minimum Gasteiger partial charge on any atom is -0.409 e. The minimum absolute atomic E-state index is 0.00134. The number of oxime groups is 1. The Morgan fingerprint density at radius 2 is 2.19 bits per heavy atom. The van der Waals surface area contributed by atoms with Crippen molar-refractivity contribution in [2.75, 3.05) is 0 Å². The molecule has 0 fully saturated rings. The van der Waals surface area contributed by atoms with E-state index in [2.05, 4.69) is 35.9 Å². The molecular weight excluding hydrogens is 224 g/mol. The third-order valence-electron chi connectivity index (χ3n) is 2.23. The number of amidine groups is 1. The van der Waals surface area contributed by atoms with Crippen LogP contribution in [0.3, 0.4) is 0 Å². The van der Waals surface area contributed by atoms with Gasteiger partial charge in [0.1, 0.15) is 5.69 Å². The highest BCUT2D eigenvalue weighted by molar-refractivity contribution is 7.99. The molecule has 0 aliphatic rings. The van der Waals surface area contributed by atoms with E-state index in [9.17, 15) is 0 Å². The maximum Gasteiger partial charge on any atom is 0.188 e. The fourth-order valence-corrected chi connectivity index (χ4v) is 1.77. The summed E-state index contributed by atoms with van der Waals surface area (Å²) in [6.07, 6.45) is 1.61. The van der Waals surface area contributed by atoms with Crippen molar-refractivity contribution in [2.24, 2.45) is 16.8 Å². The summed E-state index contributed by atoms with van der Waals surface area (Å²) in [5.74, 6) is 0.544. The molecule has 5 nitrogen and oxygen atoms in total. The highest BCUT2D eigenvalue weighted by Gasteiger charge is 2.11. The van der Waals surface area contributed by atoms with Crippen molar-refractivity contribution in [1.29, 1.82) is 0 Å². The van der Waals surface area contributed by atoms with Gasteiger partial charge in [-0.3, -0.25) is 0 Å². The number of aromatic nitrogens is 2. The molecule has 0 bridgehead atoms. The second kappa shape index (κ2) is 5.69. The number of hydrogen-bond acceptors (Lipinski definition) is 5. The van der Waals surface area contributed by atoms with Gasteiger partial charge in [0.25, 0.3) is 0 Å². The van der Waals surface area contributed by atoms with E-state index < -0.39 is 0 Å². The minimum atomic E-state index is 0.00134. The highest BCUT2D eigenvalue weighted by atomic mass is 32.2. The van der Waals surface area contributed by atoms with Crippen molar-refractivity contribution in [3.63, 3.8) is 0 Å². The topological polar surface area (TPSA) is 84.4 Å². The average molecular weight is 240 g/mol. The van der Waals surface area contributed by atoms with Crippen LogP contribution in [-0.4, -0.2) is 26.3 Å². The molecular formula is C10H16N4OS. The summed E-state index contributed by atoms with van der Waals surface area (Å²) in [7, 11) is 0. The number of rotatable bonds is 4. The van der Waals surface area contributed by atoms with Gasteiger partial charge in [-0.2, -0.15) is 0 Å². The number of nitrogens with two attached hydrogens (primary N) is 1. The Balaban J connectivity index is 2.83. The molecule has 1 unspecified atom stereocenters. The monoisotopic (exact) mass is 240 g/mol. The first-order valence-corrected chi connectivity index (χ1v) is 5.90. The number of hydrogen-bond donors (Lipinski definition) is 2. The fraction of sp³-hybridized carbons (Fsp3) is 0.500. The van der Waals surface area contributed by atoms with Gasteiger partial charge in [0.15, 0.2) is 11.0 Å². The molecule has 3 N–H and O–H groups in total. The SMILES string of the molecule is CC(C)C(C)Sc1nccc(/C(N)=N/O)n1. The van der Waals surface area contributed by atoms with Crippen LogP contribution in [0, 0.1) is 5.92 Å². The van der Waals surface area contributed by atoms with Crippen molar-refractivity contribution in [2.45, 2.75) is 31.2 Å². The first-order valence-electron chi connectivity index (χ1n) is 5.02. The quantitative estimate of drug-likeness (QED) is 0.209. The average Bonchev–Trinajstić information content (AvgIpc) is 2.28. The Bertz CT molecular complexity index is 381. The summed E-state index contributed by atoms with van der Waals surface area (Å²) >= 11 is 1.58. The lowest BCUT2D eigenvalue weighted by Crippen LogP contribution is -2.16. The number of nitrogens with zero attached hydrogens (tertiary/aromatic N) is 3. The zero-order chi connectivity index (χ0) is 12.1. The number of thioether (sulfide) groups is 1. The van der Waals surface area contributed by atoms with Crippen LogP contribution in [0.1, 0.15) is 26.5 Å². The second-order valence-electron chi connectivity index (χ2n) is 3.78. The van der Waals surface area contributed by atoms with Gasteiger partial charge < -0.3 is 10.9 Å². The van der Waals surface area contributed by atoms with Crippen LogP contribution in [0.25, 0.3) is 0 Å². The molecule has 6 heteroatoms. The van der Waals surface area contributed by atoms with Crippen molar-refractivity contribution in [3.05, 3.63) is 18.0 Å². The molecule has 1 aromatic heterocycles. The van der Waals surface area contributed by atoms with Crippen molar-refractivity contribution >= 4 is 17.6 Å². The molecule has 1 atom stereocenters. The molecule has 0 aliphatic heterocycles. The normalized spacial score (nSPS) is 14.1. The largest absolute Gasteiger partial charge is 0.409 e. The summed E-state index contributed by atoms with van der Waals surface area (Å²) < 4.78 is 0. The molecule has 0 radical (unpaired) electrons. The summed E-state index contributed by atoms with van der Waals surface area (Å²) in [5.41, 5.74) is 5.89. The summed E-state index contributed by atoms with van der Waals surface area (Å²) in [4.78, 5) is 8.34. The van der Waals surface area contributed by atoms with E-state index in [0.29, 0.717) is 22.0 Å². The summed E-state index contributed by atoms with van der Waals surface area (Å²) in [5, 5.41) is 12.5. The van der Waals surface area contributed by atoms with E-state index in [1.807, 2.05) is 0 Å². The second-order valence-corrected chi connectivity index (χ2v) is 5.12. The Labute approximate surface area is 99.2 Å².